The average molecular weight is 256 g/mol. The third-order valence-corrected chi connectivity index (χ3v) is 2.86. The average Bonchev–Trinajstić information content (AvgIpc) is 2.43. The molecule has 0 aliphatic carbocycles. The molecule has 0 saturated carbocycles. The molecule has 2 N–H and O–H groups in total. The smallest absolute Gasteiger partial charge is 0.251 e. The van der Waals surface area contributed by atoms with E-state index in [0.717, 1.165) is 11.3 Å². The van der Waals surface area contributed by atoms with Crippen molar-refractivity contribution in [2.75, 3.05) is 6.54 Å². The molecule has 0 unspecified atom stereocenters. The predicted octanol–water partition coefficient (Wildman–Crippen LogP) is 2.07. The summed E-state index contributed by atoms with van der Waals surface area (Å²) in [6, 6.07) is 10.6. The minimum absolute atomic E-state index is 0.136. The first kappa shape index (κ1) is 13.1. The van der Waals surface area contributed by atoms with E-state index in [1.807, 2.05) is 18.2 Å². The summed E-state index contributed by atoms with van der Waals surface area (Å²) in [5, 5.41) is 12.4. The second-order valence-corrected chi connectivity index (χ2v) is 4.33. The highest BCUT2D eigenvalue weighted by Crippen LogP contribution is 2.17. The zero-order valence-corrected chi connectivity index (χ0v) is 10.8. The molecule has 1 heterocycles. The molecule has 98 valence electrons. The largest absolute Gasteiger partial charge is 0.508 e. The highest BCUT2D eigenvalue weighted by Gasteiger charge is 2.07. The number of aryl methyl sites for hydroxylation is 1. The normalized spacial score (nSPS) is 10.2. The quantitative estimate of drug-likeness (QED) is 0.880. The number of nitrogens with one attached hydrogen (secondary N) is 1. The number of phenolic OH excluding ortho intramolecular Hbond substituents is 1. The highest BCUT2D eigenvalue weighted by atomic mass is 16.3. The molecule has 4 nitrogen and oxygen atoms in total. The Labute approximate surface area is 112 Å². The van der Waals surface area contributed by atoms with Crippen LogP contribution in [-0.2, 0) is 6.42 Å². The lowest BCUT2D eigenvalue weighted by atomic mass is 10.1. The van der Waals surface area contributed by atoms with Gasteiger partial charge in [-0.15, -0.1) is 0 Å². The van der Waals surface area contributed by atoms with Gasteiger partial charge in [-0.2, -0.15) is 0 Å². The van der Waals surface area contributed by atoms with Crippen molar-refractivity contribution in [3.05, 3.63) is 59.4 Å². The fraction of sp³-hybridized carbons (Fsp3) is 0.200. The van der Waals surface area contributed by atoms with Crippen molar-refractivity contribution in [2.45, 2.75) is 13.3 Å². The first-order valence-corrected chi connectivity index (χ1v) is 6.14. The van der Waals surface area contributed by atoms with Crippen LogP contribution in [0.3, 0.4) is 0 Å². The summed E-state index contributed by atoms with van der Waals surface area (Å²) < 4.78 is 0. The van der Waals surface area contributed by atoms with Crippen molar-refractivity contribution in [3.8, 4) is 5.75 Å². The Kier molecular flexibility index (Phi) is 4.13. The van der Waals surface area contributed by atoms with Gasteiger partial charge in [-0.25, -0.2) is 0 Å². The van der Waals surface area contributed by atoms with Crippen molar-refractivity contribution >= 4 is 5.91 Å². The van der Waals surface area contributed by atoms with E-state index < -0.39 is 0 Å². The van der Waals surface area contributed by atoms with Crippen LogP contribution in [0.15, 0.2) is 42.6 Å². The molecule has 0 aliphatic heterocycles. The van der Waals surface area contributed by atoms with E-state index in [1.165, 1.54) is 6.07 Å². The minimum atomic E-state index is -0.189. The van der Waals surface area contributed by atoms with Crippen molar-refractivity contribution < 1.29 is 9.90 Å². The first-order valence-electron chi connectivity index (χ1n) is 6.14. The second kappa shape index (κ2) is 6.00. The molecule has 1 aromatic heterocycles. The van der Waals surface area contributed by atoms with Crippen molar-refractivity contribution in [3.63, 3.8) is 0 Å². The summed E-state index contributed by atoms with van der Waals surface area (Å²) in [6.07, 6.45) is 2.42. The SMILES string of the molecule is Cc1ccc(C(=O)NCCc2ccccn2)cc1O. The van der Waals surface area contributed by atoms with Crippen LogP contribution in [0.2, 0.25) is 0 Å². The molecule has 19 heavy (non-hydrogen) atoms. The second-order valence-electron chi connectivity index (χ2n) is 4.33. The Hall–Kier alpha value is -2.36. The number of aromatic nitrogens is 1. The van der Waals surface area contributed by atoms with E-state index in [0.29, 0.717) is 18.5 Å². The van der Waals surface area contributed by atoms with Gasteiger partial charge in [0.05, 0.1) is 0 Å². The number of rotatable bonds is 4. The van der Waals surface area contributed by atoms with E-state index in [9.17, 15) is 9.90 Å². The summed E-state index contributed by atoms with van der Waals surface area (Å²) in [4.78, 5) is 16.0. The minimum Gasteiger partial charge on any atom is -0.508 e. The van der Waals surface area contributed by atoms with E-state index >= 15 is 0 Å². The van der Waals surface area contributed by atoms with Crippen LogP contribution in [-0.4, -0.2) is 22.5 Å². The number of carbonyl (C=O) groups excluding carboxylic acids is 1. The van der Waals surface area contributed by atoms with Gasteiger partial charge in [-0.3, -0.25) is 9.78 Å². The fourth-order valence-electron chi connectivity index (χ4n) is 1.70. The molecule has 0 spiro atoms. The number of carbonyl (C=O) groups is 1. The van der Waals surface area contributed by atoms with Gasteiger partial charge in [0.25, 0.3) is 5.91 Å². The van der Waals surface area contributed by atoms with Crippen LogP contribution in [0.4, 0.5) is 0 Å². The first-order chi connectivity index (χ1) is 9.16. The maximum Gasteiger partial charge on any atom is 0.251 e. The molecule has 2 aromatic rings. The lowest BCUT2D eigenvalue weighted by Gasteiger charge is -2.06. The molecule has 0 bridgehead atoms. The van der Waals surface area contributed by atoms with Gasteiger partial charge in [0, 0.05) is 30.4 Å². The third kappa shape index (κ3) is 3.55. The van der Waals surface area contributed by atoms with Crippen LogP contribution in [0.1, 0.15) is 21.6 Å². The summed E-state index contributed by atoms with van der Waals surface area (Å²) >= 11 is 0. The highest BCUT2D eigenvalue weighted by molar-refractivity contribution is 5.94. The lowest BCUT2D eigenvalue weighted by Crippen LogP contribution is -2.25. The molecule has 1 amide bonds. The summed E-state index contributed by atoms with van der Waals surface area (Å²) in [6.45, 7) is 2.31. The van der Waals surface area contributed by atoms with E-state index in [2.05, 4.69) is 10.3 Å². The van der Waals surface area contributed by atoms with Gasteiger partial charge in [0.15, 0.2) is 0 Å². The fourth-order valence-corrected chi connectivity index (χ4v) is 1.70. The number of amides is 1. The Bertz CT molecular complexity index is 568. The molecule has 1 aromatic carbocycles. The van der Waals surface area contributed by atoms with Crippen LogP contribution in [0.25, 0.3) is 0 Å². The maximum atomic E-state index is 11.9. The molecule has 0 atom stereocenters. The van der Waals surface area contributed by atoms with Crippen LogP contribution >= 0.6 is 0 Å². The van der Waals surface area contributed by atoms with E-state index in [4.69, 9.17) is 0 Å². The number of hydrogen-bond donors (Lipinski definition) is 2. The topological polar surface area (TPSA) is 62.2 Å². The van der Waals surface area contributed by atoms with Gasteiger partial charge in [0.2, 0.25) is 0 Å². The molecule has 0 aliphatic rings. The Morgan fingerprint density at radius 2 is 2.16 bits per heavy atom. The summed E-state index contributed by atoms with van der Waals surface area (Å²) in [7, 11) is 0. The standard InChI is InChI=1S/C15H16N2O2/c1-11-5-6-12(10-14(11)18)15(19)17-9-7-13-4-2-3-8-16-13/h2-6,8,10,18H,7,9H2,1H3,(H,17,19). The number of nitrogens with zero attached hydrogens (tertiary/aromatic N) is 1. The monoisotopic (exact) mass is 256 g/mol. The zero-order valence-electron chi connectivity index (χ0n) is 10.8. The number of aromatic hydroxyl groups is 1. The number of pyridine rings is 1. The molecule has 4 heteroatoms. The van der Waals surface area contributed by atoms with Crippen LogP contribution in [0, 0.1) is 6.92 Å². The Balaban J connectivity index is 1.89. The molecular weight excluding hydrogens is 240 g/mol. The summed E-state index contributed by atoms with van der Waals surface area (Å²) in [5.74, 6) is -0.0522. The van der Waals surface area contributed by atoms with Gasteiger partial charge in [-0.05, 0) is 36.8 Å². The number of phenols is 1. The number of benzene rings is 1. The number of hydrogen-bond acceptors (Lipinski definition) is 3. The van der Waals surface area contributed by atoms with Gasteiger partial charge >= 0.3 is 0 Å². The van der Waals surface area contributed by atoms with Crippen molar-refractivity contribution in [1.82, 2.24) is 10.3 Å². The van der Waals surface area contributed by atoms with E-state index in [-0.39, 0.29) is 11.7 Å². The van der Waals surface area contributed by atoms with Crippen LogP contribution in [0.5, 0.6) is 5.75 Å². The van der Waals surface area contributed by atoms with Crippen molar-refractivity contribution in [2.24, 2.45) is 0 Å². The van der Waals surface area contributed by atoms with Gasteiger partial charge in [-0.1, -0.05) is 12.1 Å². The maximum absolute atomic E-state index is 11.9. The van der Waals surface area contributed by atoms with E-state index in [1.54, 1.807) is 25.3 Å². The van der Waals surface area contributed by atoms with Crippen LogP contribution < -0.4 is 5.32 Å². The molecule has 0 saturated heterocycles. The lowest BCUT2D eigenvalue weighted by molar-refractivity contribution is 0.0953. The predicted molar refractivity (Wildman–Crippen MR) is 73.1 cm³/mol. The Morgan fingerprint density at radius 1 is 1.32 bits per heavy atom. The molecule has 2 rings (SSSR count). The molecular formula is C15H16N2O2. The van der Waals surface area contributed by atoms with Gasteiger partial charge in [0.1, 0.15) is 5.75 Å². The Morgan fingerprint density at radius 3 is 2.84 bits per heavy atom. The van der Waals surface area contributed by atoms with Gasteiger partial charge < -0.3 is 10.4 Å². The summed E-state index contributed by atoms with van der Waals surface area (Å²) in [5.41, 5.74) is 2.16. The third-order valence-electron chi connectivity index (χ3n) is 2.86. The van der Waals surface area contributed by atoms with Crippen molar-refractivity contribution in [1.29, 1.82) is 0 Å². The molecule has 0 radical (unpaired) electrons. The molecule has 0 fully saturated rings. The zero-order chi connectivity index (χ0) is 13.7.